The Morgan fingerprint density at radius 1 is 1.47 bits per heavy atom. The molecule has 1 aliphatic heterocycles. The van der Waals surface area contributed by atoms with E-state index < -0.39 is 12.1 Å². The van der Waals surface area contributed by atoms with Gasteiger partial charge in [0.05, 0.1) is 0 Å². The minimum Gasteiger partial charge on any atom is -0.477 e. The molecule has 1 unspecified atom stereocenters. The van der Waals surface area contributed by atoms with Crippen LogP contribution in [0.2, 0.25) is 0 Å². The van der Waals surface area contributed by atoms with Crippen molar-refractivity contribution in [2.75, 3.05) is 13.1 Å². The molecule has 6 nitrogen and oxygen atoms in total. The maximum Gasteiger partial charge on any atom is 0.353 e. The predicted molar refractivity (Wildman–Crippen MR) is 61.5 cm³/mol. The van der Waals surface area contributed by atoms with Gasteiger partial charge in [-0.05, 0) is 0 Å². The summed E-state index contributed by atoms with van der Waals surface area (Å²) in [5.74, 6) is -1.48. The van der Waals surface area contributed by atoms with E-state index in [9.17, 15) is 9.59 Å². The first-order valence-electron chi connectivity index (χ1n) is 5.06. The summed E-state index contributed by atoms with van der Waals surface area (Å²) in [7, 11) is 0. The van der Waals surface area contributed by atoms with Gasteiger partial charge >= 0.3 is 5.97 Å². The van der Waals surface area contributed by atoms with E-state index in [-0.39, 0.29) is 18.0 Å². The van der Waals surface area contributed by atoms with Crippen LogP contribution in [0.25, 0.3) is 0 Å². The minimum atomic E-state index is -1.17. The van der Waals surface area contributed by atoms with Crippen LogP contribution >= 0.6 is 0 Å². The third-order valence-corrected chi connectivity index (χ3v) is 2.20. The van der Waals surface area contributed by atoms with Crippen molar-refractivity contribution in [3.8, 4) is 0 Å². The lowest BCUT2D eigenvalue weighted by molar-refractivity contribution is -0.141. The molecule has 0 radical (unpaired) electrons. The number of hydrogen-bond donors (Lipinski definition) is 1. The van der Waals surface area contributed by atoms with Crippen molar-refractivity contribution >= 4 is 17.6 Å². The number of carboxylic acids is 1. The third kappa shape index (κ3) is 3.17. The number of nitrogens with zero attached hydrogens (tertiary/aromatic N) is 2. The molecule has 0 aromatic rings. The monoisotopic (exact) mass is 238 g/mol. The van der Waals surface area contributed by atoms with Crippen molar-refractivity contribution in [3.05, 3.63) is 25.3 Å². The van der Waals surface area contributed by atoms with Crippen LogP contribution in [-0.2, 0) is 14.4 Å². The van der Waals surface area contributed by atoms with Crippen LogP contribution in [-0.4, -0.2) is 46.8 Å². The summed E-state index contributed by atoms with van der Waals surface area (Å²) in [4.78, 5) is 28.8. The first-order chi connectivity index (χ1) is 8.10. The first kappa shape index (κ1) is 13.0. The molecule has 1 amide bonds. The van der Waals surface area contributed by atoms with Gasteiger partial charge in [0, 0.05) is 19.5 Å². The number of rotatable bonds is 6. The fourth-order valence-electron chi connectivity index (χ4n) is 1.41. The molecule has 1 heterocycles. The number of carbonyl (C=O) groups is 2. The SMILES string of the molecule is C=CCN(CC=C)C(=O)C1CC(C(=O)O)=NO1. The predicted octanol–water partition coefficient (Wildman–Crippen LogP) is 0.417. The Kier molecular flexibility index (Phi) is 4.45. The van der Waals surface area contributed by atoms with Gasteiger partial charge < -0.3 is 14.8 Å². The standard InChI is InChI=1S/C11H14N2O4/c1-3-5-13(6-4-2)10(14)9-7-8(11(15)16)12-17-9/h3-4,9H,1-2,5-7H2,(H,15,16). The molecule has 0 saturated carbocycles. The smallest absolute Gasteiger partial charge is 0.353 e. The molecular formula is C11H14N2O4. The van der Waals surface area contributed by atoms with Gasteiger partial charge in [-0.25, -0.2) is 4.79 Å². The zero-order valence-electron chi connectivity index (χ0n) is 9.33. The van der Waals surface area contributed by atoms with Gasteiger partial charge in [0.15, 0.2) is 5.71 Å². The maximum atomic E-state index is 11.9. The molecule has 0 saturated heterocycles. The molecule has 1 aliphatic rings. The van der Waals surface area contributed by atoms with Gasteiger partial charge in [-0.15, -0.1) is 13.2 Å². The lowest BCUT2D eigenvalue weighted by Gasteiger charge is -2.21. The molecule has 17 heavy (non-hydrogen) atoms. The topological polar surface area (TPSA) is 79.2 Å². The van der Waals surface area contributed by atoms with E-state index in [1.54, 1.807) is 12.2 Å². The van der Waals surface area contributed by atoms with Gasteiger partial charge in [-0.2, -0.15) is 0 Å². The average Bonchev–Trinajstić information content (AvgIpc) is 2.77. The second kappa shape index (κ2) is 5.83. The van der Waals surface area contributed by atoms with E-state index in [1.807, 2.05) is 0 Å². The van der Waals surface area contributed by atoms with Gasteiger partial charge in [-0.3, -0.25) is 4.79 Å². The molecule has 0 spiro atoms. The van der Waals surface area contributed by atoms with E-state index in [0.717, 1.165) is 0 Å². The molecule has 0 aliphatic carbocycles. The summed E-state index contributed by atoms with van der Waals surface area (Å²) in [6.07, 6.45) is 2.28. The first-order valence-corrected chi connectivity index (χ1v) is 5.06. The van der Waals surface area contributed by atoms with E-state index in [2.05, 4.69) is 18.3 Å². The number of amides is 1. The fraction of sp³-hybridized carbons (Fsp3) is 0.364. The zero-order chi connectivity index (χ0) is 12.8. The Morgan fingerprint density at radius 2 is 2.06 bits per heavy atom. The third-order valence-electron chi connectivity index (χ3n) is 2.20. The van der Waals surface area contributed by atoms with E-state index in [1.165, 1.54) is 4.90 Å². The highest BCUT2D eigenvalue weighted by atomic mass is 16.6. The van der Waals surface area contributed by atoms with Crippen LogP contribution in [0.4, 0.5) is 0 Å². The van der Waals surface area contributed by atoms with E-state index >= 15 is 0 Å². The molecule has 0 aromatic heterocycles. The Bertz CT molecular complexity index is 366. The maximum absolute atomic E-state index is 11.9. The van der Waals surface area contributed by atoms with E-state index in [0.29, 0.717) is 13.1 Å². The molecule has 92 valence electrons. The molecule has 1 N–H and O–H groups in total. The summed E-state index contributed by atoms with van der Waals surface area (Å²) in [6, 6.07) is 0. The van der Waals surface area contributed by atoms with Crippen LogP contribution < -0.4 is 0 Å². The average molecular weight is 238 g/mol. The lowest BCUT2D eigenvalue weighted by Crippen LogP contribution is -2.39. The summed E-state index contributed by atoms with van der Waals surface area (Å²) in [5, 5.41) is 12.0. The Morgan fingerprint density at radius 3 is 2.47 bits per heavy atom. The van der Waals surface area contributed by atoms with Crippen molar-refractivity contribution in [3.63, 3.8) is 0 Å². The number of carboxylic acid groups (broad SMARTS) is 1. The number of hydrogen-bond acceptors (Lipinski definition) is 4. The Labute approximate surface area is 98.8 Å². The fourth-order valence-corrected chi connectivity index (χ4v) is 1.41. The van der Waals surface area contributed by atoms with Gasteiger partial charge in [0.1, 0.15) is 0 Å². The van der Waals surface area contributed by atoms with Crippen LogP contribution in [0, 0.1) is 0 Å². The normalized spacial score (nSPS) is 17.9. The Hall–Kier alpha value is -2.11. The largest absolute Gasteiger partial charge is 0.477 e. The molecule has 1 rings (SSSR count). The number of oxime groups is 1. The van der Waals surface area contributed by atoms with Crippen LogP contribution in [0.15, 0.2) is 30.5 Å². The van der Waals surface area contributed by atoms with Crippen LogP contribution in [0.5, 0.6) is 0 Å². The summed E-state index contributed by atoms with van der Waals surface area (Å²) in [5.41, 5.74) is -0.138. The van der Waals surface area contributed by atoms with Crippen molar-refractivity contribution in [1.82, 2.24) is 4.90 Å². The molecule has 0 fully saturated rings. The van der Waals surface area contributed by atoms with Crippen molar-refractivity contribution in [2.24, 2.45) is 5.16 Å². The number of aliphatic carboxylic acids is 1. The quantitative estimate of drug-likeness (QED) is 0.680. The summed E-state index contributed by atoms with van der Waals surface area (Å²) < 4.78 is 0. The second-order valence-corrected chi connectivity index (χ2v) is 3.46. The number of carbonyl (C=O) groups excluding carboxylic acids is 1. The van der Waals surface area contributed by atoms with Crippen LogP contribution in [0.3, 0.4) is 0 Å². The zero-order valence-corrected chi connectivity index (χ0v) is 9.33. The summed E-state index contributed by atoms with van der Waals surface area (Å²) in [6.45, 7) is 7.79. The molecular weight excluding hydrogens is 224 g/mol. The molecule has 0 bridgehead atoms. The minimum absolute atomic E-state index is 0.0149. The highest BCUT2D eigenvalue weighted by Gasteiger charge is 2.33. The van der Waals surface area contributed by atoms with Gasteiger partial charge in [0.2, 0.25) is 6.10 Å². The van der Waals surface area contributed by atoms with Crippen molar-refractivity contribution in [2.45, 2.75) is 12.5 Å². The highest BCUT2D eigenvalue weighted by molar-refractivity contribution is 6.36. The van der Waals surface area contributed by atoms with E-state index in [4.69, 9.17) is 9.94 Å². The van der Waals surface area contributed by atoms with Crippen LogP contribution in [0.1, 0.15) is 6.42 Å². The summed E-state index contributed by atoms with van der Waals surface area (Å²) >= 11 is 0. The Balaban J connectivity index is 2.62. The van der Waals surface area contributed by atoms with Crippen molar-refractivity contribution < 1.29 is 19.5 Å². The lowest BCUT2D eigenvalue weighted by atomic mass is 10.1. The molecule has 6 heteroatoms. The molecule has 0 aromatic carbocycles. The van der Waals surface area contributed by atoms with Gasteiger partial charge in [0.25, 0.3) is 5.91 Å². The van der Waals surface area contributed by atoms with Crippen molar-refractivity contribution in [1.29, 1.82) is 0 Å². The second-order valence-electron chi connectivity index (χ2n) is 3.46. The highest BCUT2D eigenvalue weighted by Crippen LogP contribution is 2.13. The van der Waals surface area contributed by atoms with Gasteiger partial charge in [-0.1, -0.05) is 17.3 Å². The molecule has 1 atom stereocenters.